The quantitative estimate of drug-likeness (QED) is 0.877. The monoisotopic (exact) mass is 276 g/mol. The molecule has 1 N–H and O–H groups in total. The van der Waals surface area contributed by atoms with Gasteiger partial charge in [-0.25, -0.2) is 8.78 Å². The van der Waals surface area contributed by atoms with E-state index in [1.807, 2.05) is 25.4 Å². The first-order valence-corrected chi connectivity index (χ1v) is 6.69. The van der Waals surface area contributed by atoms with E-state index in [4.69, 9.17) is 0 Å². The van der Waals surface area contributed by atoms with Crippen LogP contribution in [0.1, 0.15) is 17.5 Å². The number of hydrogen-bond acceptors (Lipinski definition) is 2. The van der Waals surface area contributed by atoms with Gasteiger partial charge in [0.15, 0.2) is 0 Å². The van der Waals surface area contributed by atoms with Gasteiger partial charge in [0.05, 0.1) is 0 Å². The second kappa shape index (κ2) is 7.10. The summed E-state index contributed by atoms with van der Waals surface area (Å²) >= 11 is 0. The number of hydrogen-bond donors (Lipinski definition) is 1. The summed E-state index contributed by atoms with van der Waals surface area (Å²) in [5.74, 6) is -0.753. The summed E-state index contributed by atoms with van der Waals surface area (Å²) in [5, 5.41) is 3.16. The molecule has 1 aromatic heterocycles. The Hall–Kier alpha value is -1.81. The van der Waals surface area contributed by atoms with Crippen LogP contribution in [0.15, 0.2) is 42.7 Å². The highest BCUT2D eigenvalue weighted by Gasteiger charge is 2.11. The molecule has 2 rings (SSSR count). The SMILES string of the molecule is CNC(CCc1cccnc1)Cc1cc(F)ccc1F. The molecule has 0 saturated carbocycles. The van der Waals surface area contributed by atoms with Crippen LogP contribution in [-0.2, 0) is 12.8 Å². The molecule has 4 heteroatoms. The van der Waals surface area contributed by atoms with Crippen molar-refractivity contribution in [3.05, 3.63) is 65.5 Å². The predicted octanol–water partition coefficient (Wildman–Crippen LogP) is 3.12. The van der Waals surface area contributed by atoms with E-state index in [0.29, 0.717) is 12.0 Å². The largest absolute Gasteiger partial charge is 0.317 e. The third kappa shape index (κ3) is 4.10. The highest BCUT2D eigenvalue weighted by Crippen LogP contribution is 2.14. The highest BCUT2D eigenvalue weighted by molar-refractivity contribution is 5.20. The van der Waals surface area contributed by atoms with Crippen molar-refractivity contribution in [1.82, 2.24) is 10.3 Å². The molecule has 1 unspecified atom stereocenters. The Kier molecular flexibility index (Phi) is 5.18. The lowest BCUT2D eigenvalue weighted by Crippen LogP contribution is -2.28. The van der Waals surface area contributed by atoms with Gasteiger partial charge in [0.25, 0.3) is 0 Å². The number of rotatable bonds is 6. The Morgan fingerprint density at radius 1 is 1.25 bits per heavy atom. The average Bonchev–Trinajstić information content (AvgIpc) is 2.48. The molecule has 1 heterocycles. The average molecular weight is 276 g/mol. The van der Waals surface area contributed by atoms with E-state index in [1.165, 1.54) is 12.1 Å². The van der Waals surface area contributed by atoms with Crippen molar-refractivity contribution in [3.63, 3.8) is 0 Å². The van der Waals surface area contributed by atoms with Crippen molar-refractivity contribution in [2.75, 3.05) is 7.05 Å². The summed E-state index contributed by atoms with van der Waals surface area (Å²) in [6.07, 6.45) is 5.74. The Morgan fingerprint density at radius 3 is 2.80 bits per heavy atom. The van der Waals surface area contributed by atoms with Gasteiger partial charge in [0, 0.05) is 18.4 Å². The van der Waals surface area contributed by atoms with E-state index in [0.717, 1.165) is 24.5 Å². The maximum Gasteiger partial charge on any atom is 0.126 e. The minimum atomic E-state index is -0.400. The summed E-state index contributed by atoms with van der Waals surface area (Å²) in [7, 11) is 1.84. The number of nitrogens with zero attached hydrogens (tertiary/aromatic N) is 1. The normalized spacial score (nSPS) is 12.3. The molecule has 0 saturated heterocycles. The summed E-state index contributed by atoms with van der Waals surface area (Å²) in [6, 6.07) is 7.61. The third-order valence-corrected chi connectivity index (χ3v) is 3.39. The molecule has 1 atom stereocenters. The van der Waals surface area contributed by atoms with Gasteiger partial charge < -0.3 is 5.32 Å². The molecule has 2 aromatic rings. The number of aryl methyl sites for hydroxylation is 1. The zero-order chi connectivity index (χ0) is 14.4. The van der Waals surface area contributed by atoms with Gasteiger partial charge in [-0.3, -0.25) is 4.98 Å². The van der Waals surface area contributed by atoms with Crippen LogP contribution in [0.4, 0.5) is 8.78 Å². The van der Waals surface area contributed by atoms with Crippen LogP contribution in [-0.4, -0.2) is 18.1 Å². The second-order valence-corrected chi connectivity index (χ2v) is 4.83. The molecule has 20 heavy (non-hydrogen) atoms. The molecular weight excluding hydrogens is 258 g/mol. The van der Waals surface area contributed by atoms with E-state index in [2.05, 4.69) is 10.3 Å². The molecule has 0 radical (unpaired) electrons. The lowest BCUT2D eigenvalue weighted by molar-refractivity contribution is 0.500. The van der Waals surface area contributed by atoms with Crippen molar-refractivity contribution in [1.29, 1.82) is 0 Å². The fourth-order valence-electron chi connectivity index (χ4n) is 2.20. The minimum absolute atomic E-state index is 0.103. The standard InChI is InChI=1S/C16H18F2N2/c1-19-15(6-4-12-3-2-8-20-11-12)10-13-9-14(17)5-7-16(13)18/h2-3,5,7-9,11,15,19H,4,6,10H2,1H3. The number of halogens is 2. The number of likely N-dealkylation sites (N-methyl/N-ethyl adjacent to an activating group) is 1. The van der Waals surface area contributed by atoms with Crippen molar-refractivity contribution >= 4 is 0 Å². The maximum absolute atomic E-state index is 13.6. The lowest BCUT2D eigenvalue weighted by atomic mass is 9.99. The smallest absolute Gasteiger partial charge is 0.126 e. The highest BCUT2D eigenvalue weighted by atomic mass is 19.1. The predicted molar refractivity (Wildman–Crippen MR) is 75.5 cm³/mol. The van der Waals surface area contributed by atoms with Crippen LogP contribution in [0, 0.1) is 11.6 Å². The van der Waals surface area contributed by atoms with Gasteiger partial charge in [0.2, 0.25) is 0 Å². The van der Waals surface area contributed by atoms with Crippen molar-refractivity contribution in [2.24, 2.45) is 0 Å². The van der Waals surface area contributed by atoms with Crippen LogP contribution >= 0.6 is 0 Å². The molecular formula is C16H18F2N2. The van der Waals surface area contributed by atoms with Gasteiger partial charge >= 0.3 is 0 Å². The third-order valence-electron chi connectivity index (χ3n) is 3.39. The summed E-state index contributed by atoms with van der Waals surface area (Å²) in [5.41, 5.74) is 1.56. The van der Waals surface area contributed by atoms with E-state index in [-0.39, 0.29) is 11.9 Å². The summed E-state index contributed by atoms with van der Waals surface area (Å²) < 4.78 is 26.8. The van der Waals surface area contributed by atoms with Gasteiger partial charge in [-0.15, -0.1) is 0 Å². The van der Waals surface area contributed by atoms with Crippen molar-refractivity contribution in [2.45, 2.75) is 25.3 Å². The molecule has 0 spiro atoms. The first-order chi connectivity index (χ1) is 9.69. The zero-order valence-corrected chi connectivity index (χ0v) is 11.4. The Morgan fingerprint density at radius 2 is 2.10 bits per heavy atom. The number of nitrogens with one attached hydrogen (secondary N) is 1. The van der Waals surface area contributed by atoms with Crippen LogP contribution < -0.4 is 5.32 Å². The second-order valence-electron chi connectivity index (χ2n) is 4.83. The van der Waals surface area contributed by atoms with Gasteiger partial charge in [-0.05, 0) is 61.7 Å². The molecule has 0 bridgehead atoms. The molecule has 0 aliphatic heterocycles. The zero-order valence-electron chi connectivity index (χ0n) is 11.4. The van der Waals surface area contributed by atoms with Crippen molar-refractivity contribution in [3.8, 4) is 0 Å². The molecule has 0 fully saturated rings. The first-order valence-electron chi connectivity index (χ1n) is 6.69. The van der Waals surface area contributed by atoms with Gasteiger partial charge in [0.1, 0.15) is 11.6 Å². The van der Waals surface area contributed by atoms with E-state index < -0.39 is 5.82 Å². The van der Waals surface area contributed by atoms with Crippen LogP contribution in [0.5, 0.6) is 0 Å². The van der Waals surface area contributed by atoms with E-state index >= 15 is 0 Å². The summed E-state index contributed by atoms with van der Waals surface area (Å²) in [4.78, 5) is 4.07. The first kappa shape index (κ1) is 14.6. The fraction of sp³-hybridized carbons (Fsp3) is 0.312. The van der Waals surface area contributed by atoms with E-state index in [1.54, 1.807) is 6.20 Å². The van der Waals surface area contributed by atoms with Crippen LogP contribution in [0.3, 0.4) is 0 Å². The Bertz CT molecular complexity index is 543. The van der Waals surface area contributed by atoms with Crippen molar-refractivity contribution < 1.29 is 8.78 Å². The molecule has 0 aliphatic carbocycles. The Labute approximate surface area is 117 Å². The lowest BCUT2D eigenvalue weighted by Gasteiger charge is -2.16. The molecule has 106 valence electrons. The van der Waals surface area contributed by atoms with Crippen LogP contribution in [0.25, 0.3) is 0 Å². The minimum Gasteiger partial charge on any atom is -0.317 e. The molecule has 0 aliphatic rings. The topological polar surface area (TPSA) is 24.9 Å². The number of pyridine rings is 1. The number of benzene rings is 1. The fourth-order valence-corrected chi connectivity index (χ4v) is 2.20. The summed E-state index contributed by atoms with van der Waals surface area (Å²) in [6.45, 7) is 0. The molecule has 2 nitrogen and oxygen atoms in total. The number of aromatic nitrogens is 1. The van der Waals surface area contributed by atoms with E-state index in [9.17, 15) is 8.78 Å². The molecule has 1 aromatic carbocycles. The van der Waals surface area contributed by atoms with Gasteiger partial charge in [-0.1, -0.05) is 6.07 Å². The molecule has 0 amide bonds. The maximum atomic E-state index is 13.6. The Balaban J connectivity index is 1.97. The van der Waals surface area contributed by atoms with Crippen LogP contribution in [0.2, 0.25) is 0 Å². The van der Waals surface area contributed by atoms with Gasteiger partial charge in [-0.2, -0.15) is 0 Å².